The van der Waals surface area contributed by atoms with Crippen molar-refractivity contribution in [3.63, 3.8) is 0 Å². The SMILES string of the molecule is NCCCc1cc([N+](=O)[O-])ccc1[O-]. The van der Waals surface area contributed by atoms with Crippen LogP contribution in [0, 0.1) is 10.1 Å². The summed E-state index contributed by atoms with van der Waals surface area (Å²) < 4.78 is 0. The molecule has 0 spiro atoms. The molecular formula is C9H11N2O3-. The normalized spacial score (nSPS) is 10.1. The number of hydrogen-bond donors (Lipinski definition) is 1. The molecule has 5 nitrogen and oxygen atoms in total. The topological polar surface area (TPSA) is 92.2 Å². The van der Waals surface area contributed by atoms with Gasteiger partial charge >= 0.3 is 0 Å². The molecule has 0 saturated heterocycles. The Bertz CT molecular complexity index is 339. The monoisotopic (exact) mass is 195 g/mol. The summed E-state index contributed by atoms with van der Waals surface area (Å²) in [6.45, 7) is 0.474. The smallest absolute Gasteiger partial charge is 0.269 e. The molecule has 0 unspecified atom stereocenters. The lowest BCUT2D eigenvalue weighted by Crippen LogP contribution is -2.03. The lowest BCUT2D eigenvalue weighted by molar-refractivity contribution is -0.385. The van der Waals surface area contributed by atoms with E-state index in [1.807, 2.05) is 0 Å². The van der Waals surface area contributed by atoms with Crippen LogP contribution in [0.15, 0.2) is 18.2 Å². The maximum absolute atomic E-state index is 11.2. The molecule has 0 amide bonds. The second-order valence-electron chi connectivity index (χ2n) is 2.94. The molecule has 0 bridgehead atoms. The number of hydrogen-bond acceptors (Lipinski definition) is 4. The lowest BCUT2D eigenvalue weighted by atomic mass is 10.1. The summed E-state index contributed by atoms with van der Waals surface area (Å²) in [5.74, 6) is -0.163. The zero-order valence-electron chi connectivity index (χ0n) is 7.60. The second kappa shape index (κ2) is 4.57. The van der Waals surface area contributed by atoms with Gasteiger partial charge in [0.05, 0.1) is 4.92 Å². The second-order valence-corrected chi connectivity index (χ2v) is 2.94. The van der Waals surface area contributed by atoms with Gasteiger partial charge in [-0.05, 0) is 24.9 Å². The van der Waals surface area contributed by atoms with Crippen molar-refractivity contribution in [3.8, 4) is 5.75 Å². The van der Waals surface area contributed by atoms with E-state index in [0.29, 0.717) is 24.9 Å². The van der Waals surface area contributed by atoms with Crippen LogP contribution in [-0.4, -0.2) is 11.5 Å². The zero-order chi connectivity index (χ0) is 10.6. The first-order chi connectivity index (χ1) is 6.65. The van der Waals surface area contributed by atoms with E-state index in [2.05, 4.69) is 0 Å². The van der Waals surface area contributed by atoms with E-state index >= 15 is 0 Å². The number of nitrogens with zero attached hydrogens (tertiary/aromatic N) is 1. The van der Waals surface area contributed by atoms with Gasteiger partial charge in [-0.2, -0.15) is 0 Å². The zero-order valence-corrected chi connectivity index (χ0v) is 7.60. The van der Waals surface area contributed by atoms with E-state index in [0.717, 1.165) is 0 Å². The summed E-state index contributed by atoms with van der Waals surface area (Å²) in [4.78, 5) is 9.91. The van der Waals surface area contributed by atoms with Crippen LogP contribution >= 0.6 is 0 Å². The summed E-state index contributed by atoms with van der Waals surface area (Å²) in [5.41, 5.74) is 5.71. The molecule has 0 saturated carbocycles. The van der Waals surface area contributed by atoms with Gasteiger partial charge in [0.15, 0.2) is 0 Å². The molecule has 0 aliphatic rings. The average Bonchev–Trinajstić information content (AvgIpc) is 2.16. The van der Waals surface area contributed by atoms with E-state index in [1.54, 1.807) is 0 Å². The first-order valence-electron chi connectivity index (χ1n) is 4.29. The third-order valence-electron chi connectivity index (χ3n) is 1.91. The van der Waals surface area contributed by atoms with E-state index < -0.39 is 4.92 Å². The largest absolute Gasteiger partial charge is 0.872 e. The van der Waals surface area contributed by atoms with Crippen LogP contribution in [-0.2, 0) is 6.42 Å². The van der Waals surface area contributed by atoms with Crippen LogP contribution in [0.2, 0.25) is 0 Å². The van der Waals surface area contributed by atoms with Crippen molar-refractivity contribution in [2.75, 3.05) is 6.54 Å². The van der Waals surface area contributed by atoms with Crippen LogP contribution in [0.1, 0.15) is 12.0 Å². The van der Waals surface area contributed by atoms with Gasteiger partial charge in [0.25, 0.3) is 5.69 Å². The van der Waals surface area contributed by atoms with Crippen LogP contribution < -0.4 is 10.8 Å². The van der Waals surface area contributed by atoms with Crippen molar-refractivity contribution in [3.05, 3.63) is 33.9 Å². The maximum atomic E-state index is 11.2. The summed E-state index contributed by atoms with van der Waals surface area (Å²) >= 11 is 0. The fourth-order valence-corrected chi connectivity index (χ4v) is 1.17. The van der Waals surface area contributed by atoms with Crippen LogP contribution in [0.25, 0.3) is 0 Å². The van der Waals surface area contributed by atoms with Gasteiger partial charge in [-0.3, -0.25) is 10.1 Å². The first kappa shape index (κ1) is 10.5. The lowest BCUT2D eigenvalue weighted by Gasteiger charge is -2.11. The maximum Gasteiger partial charge on any atom is 0.269 e. The van der Waals surface area contributed by atoms with Crippen molar-refractivity contribution >= 4 is 5.69 Å². The third-order valence-corrected chi connectivity index (χ3v) is 1.91. The van der Waals surface area contributed by atoms with Gasteiger partial charge in [0, 0.05) is 12.1 Å². The molecule has 0 aliphatic carbocycles. The summed E-state index contributed by atoms with van der Waals surface area (Å²) in [7, 11) is 0. The predicted molar refractivity (Wildman–Crippen MR) is 49.9 cm³/mol. The Labute approximate surface area is 81.3 Å². The summed E-state index contributed by atoms with van der Waals surface area (Å²) in [5, 5.41) is 21.7. The Balaban J connectivity index is 2.90. The highest BCUT2D eigenvalue weighted by molar-refractivity contribution is 5.42. The summed E-state index contributed by atoms with van der Waals surface area (Å²) in [6, 6.07) is 3.76. The van der Waals surface area contributed by atoms with Crippen LogP contribution in [0.4, 0.5) is 5.69 Å². The van der Waals surface area contributed by atoms with Gasteiger partial charge in [-0.1, -0.05) is 6.07 Å². The highest BCUT2D eigenvalue weighted by Crippen LogP contribution is 2.21. The van der Waals surface area contributed by atoms with Crippen molar-refractivity contribution in [2.45, 2.75) is 12.8 Å². The highest BCUT2D eigenvalue weighted by Gasteiger charge is 2.05. The Hall–Kier alpha value is -1.62. The number of nitro groups is 1. The number of rotatable bonds is 4. The molecule has 0 aliphatic heterocycles. The minimum absolute atomic E-state index is 0.0448. The number of non-ortho nitro benzene ring substituents is 1. The Morgan fingerprint density at radius 2 is 2.14 bits per heavy atom. The standard InChI is InChI=1S/C9H12N2O3/c10-5-1-2-7-6-8(11(13)14)3-4-9(7)12/h3-4,6,12H,1-2,5,10H2/p-1. The van der Waals surface area contributed by atoms with Gasteiger partial charge in [-0.25, -0.2) is 0 Å². The first-order valence-corrected chi connectivity index (χ1v) is 4.29. The molecular weight excluding hydrogens is 184 g/mol. The van der Waals surface area contributed by atoms with Gasteiger partial charge < -0.3 is 10.8 Å². The molecule has 14 heavy (non-hydrogen) atoms. The molecule has 1 aromatic carbocycles. The number of aryl methyl sites for hydroxylation is 1. The van der Waals surface area contributed by atoms with Crippen molar-refractivity contribution < 1.29 is 10.0 Å². The molecule has 0 fully saturated rings. The van der Waals surface area contributed by atoms with Gasteiger partial charge in [-0.15, -0.1) is 5.75 Å². The minimum Gasteiger partial charge on any atom is -0.872 e. The van der Waals surface area contributed by atoms with Crippen LogP contribution in [0.5, 0.6) is 5.75 Å². The minimum atomic E-state index is -0.509. The number of benzene rings is 1. The fourth-order valence-electron chi connectivity index (χ4n) is 1.17. The molecule has 2 N–H and O–H groups in total. The quantitative estimate of drug-likeness (QED) is 0.561. The molecule has 0 aromatic heterocycles. The Morgan fingerprint density at radius 1 is 1.43 bits per heavy atom. The number of nitro benzene ring substituents is 1. The molecule has 0 radical (unpaired) electrons. The molecule has 5 heteroatoms. The van der Waals surface area contributed by atoms with Gasteiger partial charge in [0.2, 0.25) is 0 Å². The van der Waals surface area contributed by atoms with E-state index in [1.165, 1.54) is 18.2 Å². The van der Waals surface area contributed by atoms with E-state index in [-0.39, 0.29) is 11.4 Å². The molecule has 76 valence electrons. The number of nitrogens with two attached hydrogens (primary N) is 1. The van der Waals surface area contributed by atoms with Crippen molar-refractivity contribution in [1.29, 1.82) is 0 Å². The van der Waals surface area contributed by atoms with E-state index in [4.69, 9.17) is 5.73 Å². The average molecular weight is 195 g/mol. The fraction of sp³-hybridized carbons (Fsp3) is 0.333. The highest BCUT2D eigenvalue weighted by atomic mass is 16.6. The molecule has 0 heterocycles. The molecule has 0 atom stereocenters. The van der Waals surface area contributed by atoms with Crippen molar-refractivity contribution in [2.24, 2.45) is 5.73 Å². The van der Waals surface area contributed by atoms with Crippen LogP contribution in [0.3, 0.4) is 0 Å². The van der Waals surface area contributed by atoms with E-state index in [9.17, 15) is 15.2 Å². The predicted octanol–water partition coefficient (Wildman–Crippen LogP) is 0.560. The molecule has 1 rings (SSSR count). The molecule has 1 aromatic rings. The van der Waals surface area contributed by atoms with Crippen molar-refractivity contribution in [1.82, 2.24) is 0 Å². The van der Waals surface area contributed by atoms with Gasteiger partial charge in [0.1, 0.15) is 0 Å². The Kier molecular flexibility index (Phi) is 3.41. The summed E-state index contributed by atoms with van der Waals surface area (Å²) in [6.07, 6.45) is 1.16. The third kappa shape index (κ3) is 2.43. The Morgan fingerprint density at radius 3 is 2.71 bits per heavy atom.